The molecule has 0 aromatic heterocycles. The number of carbonyl (C=O) groups excluding carboxylic acids is 1. The van der Waals surface area contributed by atoms with E-state index < -0.39 is 33.7 Å². The molecule has 7 nitrogen and oxygen atoms in total. The lowest BCUT2D eigenvalue weighted by molar-refractivity contribution is -0.148. The van der Waals surface area contributed by atoms with E-state index in [9.17, 15) is 23.1 Å². The normalized spacial score (nSPS) is 14.4. The van der Waals surface area contributed by atoms with Crippen LogP contribution in [0.15, 0.2) is 11.6 Å². The standard InChI is InChI=1S/C18H34N2O5S/c1-12(2)8-9-15(18(22)23)16(10-13(3)4)17(21)19-20(11-14(5)6)26(7,24)25/h8,13-16H,9-11H2,1-7H3,(H,19,21)(H,22,23)/t15-,16+/m0/s1. The minimum Gasteiger partial charge on any atom is -0.481 e. The number of sulfonamides is 1. The summed E-state index contributed by atoms with van der Waals surface area (Å²) in [5.41, 5.74) is 3.41. The van der Waals surface area contributed by atoms with Crippen LogP contribution < -0.4 is 5.43 Å². The summed E-state index contributed by atoms with van der Waals surface area (Å²) in [6.07, 6.45) is 3.40. The van der Waals surface area contributed by atoms with E-state index in [-0.39, 0.29) is 24.8 Å². The number of nitrogens with zero attached hydrogens (tertiary/aromatic N) is 1. The first-order valence-corrected chi connectivity index (χ1v) is 10.7. The summed E-state index contributed by atoms with van der Waals surface area (Å²) in [6, 6.07) is 0. The van der Waals surface area contributed by atoms with Crippen LogP contribution in [-0.4, -0.2) is 42.6 Å². The summed E-state index contributed by atoms with van der Waals surface area (Å²) in [5, 5.41) is 9.62. The minimum atomic E-state index is -3.65. The van der Waals surface area contributed by atoms with E-state index in [0.29, 0.717) is 6.42 Å². The van der Waals surface area contributed by atoms with Crippen LogP contribution in [0.25, 0.3) is 0 Å². The van der Waals surface area contributed by atoms with Gasteiger partial charge in [-0.2, -0.15) is 0 Å². The predicted molar refractivity (Wildman–Crippen MR) is 103 cm³/mol. The van der Waals surface area contributed by atoms with Crippen molar-refractivity contribution in [1.82, 2.24) is 9.84 Å². The second-order valence-corrected chi connectivity index (χ2v) is 9.77. The van der Waals surface area contributed by atoms with Gasteiger partial charge in [0.2, 0.25) is 15.9 Å². The maximum atomic E-state index is 12.8. The number of rotatable bonds is 11. The van der Waals surface area contributed by atoms with Crippen LogP contribution in [0.4, 0.5) is 0 Å². The zero-order valence-corrected chi connectivity index (χ0v) is 17.8. The van der Waals surface area contributed by atoms with E-state index in [1.165, 1.54) is 0 Å². The van der Waals surface area contributed by atoms with E-state index in [2.05, 4.69) is 5.43 Å². The molecule has 0 aliphatic heterocycles. The van der Waals surface area contributed by atoms with Crippen molar-refractivity contribution in [2.45, 2.75) is 54.4 Å². The lowest BCUT2D eigenvalue weighted by Crippen LogP contribution is -2.51. The molecule has 0 heterocycles. The number of aliphatic carboxylic acids is 1. The Morgan fingerprint density at radius 3 is 1.96 bits per heavy atom. The number of allylic oxidation sites excluding steroid dienone is 2. The topological polar surface area (TPSA) is 104 Å². The SMILES string of the molecule is CC(C)=CC[C@H](C(=O)O)[C@@H](CC(C)C)C(=O)NN(CC(C)C)S(C)(=O)=O. The van der Waals surface area contributed by atoms with Crippen molar-refractivity contribution in [3.05, 3.63) is 11.6 Å². The van der Waals surface area contributed by atoms with Crippen molar-refractivity contribution in [2.24, 2.45) is 23.7 Å². The van der Waals surface area contributed by atoms with Crippen LogP contribution >= 0.6 is 0 Å². The summed E-state index contributed by atoms with van der Waals surface area (Å²) in [7, 11) is -3.65. The third-order valence-electron chi connectivity index (χ3n) is 3.81. The maximum Gasteiger partial charge on any atom is 0.307 e. The van der Waals surface area contributed by atoms with Crippen molar-refractivity contribution < 1.29 is 23.1 Å². The molecule has 26 heavy (non-hydrogen) atoms. The zero-order chi connectivity index (χ0) is 20.7. The Morgan fingerprint density at radius 2 is 1.62 bits per heavy atom. The first-order chi connectivity index (χ1) is 11.8. The fourth-order valence-corrected chi connectivity index (χ4v) is 3.39. The summed E-state index contributed by atoms with van der Waals surface area (Å²) in [6.45, 7) is 11.3. The fourth-order valence-electron chi connectivity index (χ4n) is 2.56. The Morgan fingerprint density at radius 1 is 1.08 bits per heavy atom. The van der Waals surface area contributed by atoms with Crippen LogP contribution in [0.5, 0.6) is 0 Å². The van der Waals surface area contributed by atoms with Gasteiger partial charge in [-0.15, -0.1) is 4.41 Å². The van der Waals surface area contributed by atoms with Crippen LogP contribution in [0.1, 0.15) is 54.4 Å². The average Bonchev–Trinajstić information content (AvgIpc) is 2.42. The molecule has 0 radical (unpaired) electrons. The lowest BCUT2D eigenvalue weighted by atomic mass is 9.82. The first kappa shape index (κ1) is 24.6. The summed E-state index contributed by atoms with van der Waals surface area (Å²) in [5.74, 6) is -3.25. The number of carbonyl (C=O) groups is 2. The Kier molecular flexibility index (Phi) is 10.1. The number of carboxylic acid groups (broad SMARTS) is 1. The first-order valence-electron chi connectivity index (χ1n) is 8.90. The van der Waals surface area contributed by atoms with Crippen LogP contribution in [-0.2, 0) is 19.6 Å². The van der Waals surface area contributed by atoms with Gasteiger partial charge in [0, 0.05) is 6.54 Å². The van der Waals surface area contributed by atoms with Gasteiger partial charge in [-0.3, -0.25) is 15.0 Å². The molecule has 0 aromatic rings. The van der Waals surface area contributed by atoms with Gasteiger partial charge >= 0.3 is 5.97 Å². The Bertz CT molecular complexity index is 607. The van der Waals surface area contributed by atoms with Crippen LogP contribution in [0, 0.1) is 23.7 Å². The lowest BCUT2D eigenvalue weighted by Gasteiger charge is -2.28. The summed E-state index contributed by atoms with van der Waals surface area (Å²) >= 11 is 0. The van der Waals surface area contributed by atoms with Gasteiger partial charge in [0.15, 0.2) is 0 Å². The highest BCUT2D eigenvalue weighted by molar-refractivity contribution is 7.88. The van der Waals surface area contributed by atoms with Crippen molar-refractivity contribution in [2.75, 3.05) is 12.8 Å². The molecule has 1 amide bonds. The van der Waals surface area contributed by atoms with Gasteiger partial charge in [-0.25, -0.2) is 8.42 Å². The van der Waals surface area contributed by atoms with Crippen molar-refractivity contribution >= 4 is 21.9 Å². The molecule has 0 aliphatic rings. The molecular weight excluding hydrogens is 356 g/mol. The molecule has 0 saturated carbocycles. The highest BCUT2D eigenvalue weighted by Gasteiger charge is 2.35. The number of hydrogen-bond donors (Lipinski definition) is 2. The van der Waals surface area contributed by atoms with Gasteiger partial charge in [0.25, 0.3) is 0 Å². The molecule has 0 bridgehead atoms. The fraction of sp³-hybridized carbons (Fsp3) is 0.778. The number of hydrazine groups is 1. The van der Waals surface area contributed by atoms with E-state index in [4.69, 9.17) is 0 Å². The second-order valence-electron chi connectivity index (χ2n) is 7.86. The Balaban J connectivity index is 5.63. The zero-order valence-electron chi connectivity index (χ0n) is 16.9. The van der Waals surface area contributed by atoms with Crippen LogP contribution in [0.2, 0.25) is 0 Å². The third kappa shape index (κ3) is 9.33. The molecule has 0 aromatic carbocycles. The molecule has 0 unspecified atom stereocenters. The minimum absolute atomic E-state index is 0.00881. The van der Waals surface area contributed by atoms with Gasteiger partial charge in [-0.1, -0.05) is 39.3 Å². The smallest absolute Gasteiger partial charge is 0.307 e. The highest BCUT2D eigenvalue weighted by atomic mass is 32.2. The van der Waals surface area contributed by atoms with Gasteiger partial charge < -0.3 is 5.11 Å². The Labute approximate surface area is 157 Å². The molecule has 8 heteroatoms. The van der Waals surface area contributed by atoms with Crippen molar-refractivity contribution in [3.63, 3.8) is 0 Å². The van der Waals surface area contributed by atoms with Gasteiger partial charge in [0.1, 0.15) is 0 Å². The molecule has 0 rings (SSSR count). The maximum absolute atomic E-state index is 12.8. The number of nitrogens with one attached hydrogen (secondary N) is 1. The van der Waals surface area contributed by atoms with Crippen molar-refractivity contribution in [3.8, 4) is 0 Å². The molecule has 0 saturated heterocycles. The summed E-state index contributed by atoms with van der Waals surface area (Å²) in [4.78, 5) is 24.6. The van der Waals surface area contributed by atoms with E-state index in [0.717, 1.165) is 16.2 Å². The molecule has 0 aliphatic carbocycles. The molecule has 2 atom stereocenters. The number of hydrogen-bond acceptors (Lipinski definition) is 4. The number of amides is 1. The monoisotopic (exact) mass is 390 g/mol. The molecule has 0 fully saturated rings. The van der Waals surface area contributed by atoms with Crippen LogP contribution in [0.3, 0.4) is 0 Å². The molecular formula is C18H34N2O5S. The van der Waals surface area contributed by atoms with Gasteiger partial charge in [0.05, 0.1) is 18.1 Å². The molecule has 152 valence electrons. The highest BCUT2D eigenvalue weighted by Crippen LogP contribution is 2.26. The molecule has 2 N–H and O–H groups in total. The Hall–Kier alpha value is -1.41. The van der Waals surface area contributed by atoms with E-state index in [1.54, 1.807) is 6.08 Å². The predicted octanol–water partition coefficient (Wildman–Crippen LogP) is 2.65. The molecule has 0 spiro atoms. The quantitative estimate of drug-likeness (QED) is 0.417. The summed E-state index contributed by atoms with van der Waals surface area (Å²) < 4.78 is 24.8. The largest absolute Gasteiger partial charge is 0.481 e. The van der Waals surface area contributed by atoms with E-state index >= 15 is 0 Å². The third-order valence-corrected chi connectivity index (χ3v) is 4.85. The average molecular weight is 391 g/mol. The van der Waals surface area contributed by atoms with E-state index in [1.807, 2.05) is 41.5 Å². The second kappa shape index (κ2) is 10.7. The number of carboxylic acids is 1. The van der Waals surface area contributed by atoms with Gasteiger partial charge in [-0.05, 0) is 38.5 Å². The van der Waals surface area contributed by atoms with Crippen molar-refractivity contribution in [1.29, 1.82) is 0 Å².